The number of para-hydroxylation sites is 1. The fraction of sp³-hybridized carbons (Fsp3) is 0.125. The molecule has 0 aliphatic rings. The molecule has 0 radical (unpaired) electrons. The molecule has 0 spiro atoms. The minimum Gasteiger partial charge on any atom is -0.338 e. The van der Waals surface area contributed by atoms with Crippen molar-refractivity contribution >= 4 is 33.3 Å². The number of fused-ring (bicyclic) bond motifs is 2. The fourth-order valence-electron chi connectivity index (χ4n) is 3.98. The second-order valence-corrected chi connectivity index (χ2v) is 7.34. The number of anilines is 2. The van der Waals surface area contributed by atoms with Gasteiger partial charge in [-0.25, -0.2) is 4.98 Å². The Bertz CT molecular complexity index is 1340. The van der Waals surface area contributed by atoms with E-state index in [1.807, 2.05) is 24.3 Å². The van der Waals surface area contributed by atoms with Gasteiger partial charge in [0.15, 0.2) is 5.82 Å². The fourth-order valence-corrected chi connectivity index (χ4v) is 3.98. The number of nitrogens with one attached hydrogen (secondary N) is 1. The summed E-state index contributed by atoms with van der Waals surface area (Å²) in [5, 5.41) is 13.9. The third kappa shape index (κ3) is 2.91. The molecule has 5 rings (SSSR count). The maximum absolute atomic E-state index is 4.82. The van der Waals surface area contributed by atoms with Gasteiger partial charge in [-0.3, -0.25) is 4.57 Å². The quantitative estimate of drug-likeness (QED) is 0.441. The second-order valence-electron chi connectivity index (χ2n) is 7.34. The largest absolute Gasteiger partial charge is 0.338 e. The van der Waals surface area contributed by atoms with Gasteiger partial charge in [0.25, 0.3) is 0 Å². The summed E-state index contributed by atoms with van der Waals surface area (Å²) in [6.45, 7) is 6.33. The molecule has 2 aromatic heterocycles. The standard InChI is InChI=1S/C24H21N5/c1-15-7-6-8-16(2)23(15)29-17(3)26-21-13-19(11-12-22(21)29)27-24-20-10-5-4-9-18(20)14-25-28-24/h4-14H,1-3H3,(H,27,28). The molecule has 0 fully saturated rings. The van der Waals surface area contributed by atoms with Crippen LogP contribution in [0.4, 0.5) is 11.5 Å². The molecule has 0 saturated heterocycles. The van der Waals surface area contributed by atoms with Crippen LogP contribution >= 0.6 is 0 Å². The minimum atomic E-state index is 0.744. The van der Waals surface area contributed by atoms with Crippen molar-refractivity contribution in [1.82, 2.24) is 19.7 Å². The Morgan fingerprint density at radius 3 is 2.48 bits per heavy atom. The molecule has 0 aliphatic carbocycles. The average Bonchev–Trinajstić information content (AvgIpc) is 3.03. The molecular formula is C24H21N5. The molecule has 0 atom stereocenters. The normalized spacial score (nSPS) is 11.3. The summed E-state index contributed by atoms with van der Waals surface area (Å²) in [7, 11) is 0. The molecule has 5 heteroatoms. The lowest BCUT2D eigenvalue weighted by Crippen LogP contribution is -2.02. The van der Waals surface area contributed by atoms with Crippen LogP contribution in [-0.2, 0) is 0 Å². The van der Waals surface area contributed by atoms with E-state index in [2.05, 4.69) is 77.3 Å². The predicted octanol–water partition coefficient (Wildman–Crippen LogP) is 5.64. The lowest BCUT2D eigenvalue weighted by atomic mass is 10.1. The van der Waals surface area contributed by atoms with E-state index in [0.29, 0.717) is 0 Å². The van der Waals surface area contributed by atoms with Crippen molar-refractivity contribution in [2.24, 2.45) is 0 Å². The van der Waals surface area contributed by atoms with Crippen LogP contribution in [0.3, 0.4) is 0 Å². The SMILES string of the molecule is Cc1cccc(C)c1-n1c(C)nc2cc(Nc3nncc4ccccc34)ccc21. The van der Waals surface area contributed by atoms with Crippen molar-refractivity contribution in [1.29, 1.82) is 0 Å². The molecule has 2 heterocycles. The molecule has 5 nitrogen and oxygen atoms in total. The topological polar surface area (TPSA) is 55.6 Å². The molecule has 3 aromatic carbocycles. The predicted molar refractivity (Wildman–Crippen MR) is 118 cm³/mol. The molecule has 0 unspecified atom stereocenters. The van der Waals surface area contributed by atoms with Crippen LogP contribution in [0.25, 0.3) is 27.5 Å². The van der Waals surface area contributed by atoms with E-state index in [9.17, 15) is 0 Å². The van der Waals surface area contributed by atoms with Gasteiger partial charge in [-0.1, -0.05) is 42.5 Å². The van der Waals surface area contributed by atoms with Gasteiger partial charge in [0.2, 0.25) is 0 Å². The molecular weight excluding hydrogens is 358 g/mol. The van der Waals surface area contributed by atoms with Gasteiger partial charge in [0.1, 0.15) is 5.82 Å². The van der Waals surface area contributed by atoms with Crippen molar-refractivity contribution < 1.29 is 0 Å². The van der Waals surface area contributed by atoms with Gasteiger partial charge in [-0.05, 0) is 50.1 Å². The number of rotatable bonds is 3. The van der Waals surface area contributed by atoms with E-state index in [1.165, 1.54) is 16.8 Å². The van der Waals surface area contributed by atoms with Crippen LogP contribution in [-0.4, -0.2) is 19.7 Å². The summed E-state index contributed by atoms with van der Waals surface area (Å²) in [4.78, 5) is 4.82. The molecule has 0 aliphatic heterocycles. The molecule has 0 saturated carbocycles. The average molecular weight is 379 g/mol. The summed E-state index contributed by atoms with van der Waals surface area (Å²) >= 11 is 0. The molecule has 5 aromatic rings. The van der Waals surface area contributed by atoms with E-state index in [0.717, 1.165) is 39.1 Å². The molecule has 142 valence electrons. The van der Waals surface area contributed by atoms with Gasteiger partial charge >= 0.3 is 0 Å². The van der Waals surface area contributed by atoms with Crippen LogP contribution in [0.15, 0.2) is 66.9 Å². The molecule has 29 heavy (non-hydrogen) atoms. The summed E-state index contributed by atoms with van der Waals surface area (Å²) in [6.07, 6.45) is 1.78. The Balaban J connectivity index is 1.60. The minimum absolute atomic E-state index is 0.744. The van der Waals surface area contributed by atoms with Crippen LogP contribution < -0.4 is 5.32 Å². The van der Waals surface area contributed by atoms with Crippen molar-refractivity contribution in [3.05, 3.63) is 83.8 Å². The number of hydrogen-bond donors (Lipinski definition) is 1. The molecule has 0 bridgehead atoms. The first-order valence-electron chi connectivity index (χ1n) is 9.65. The zero-order valence-corrected chi connectivity index (χ0v) is 16.6. The summed E-state index contributed by atoms with van der Waals surface area (Å²) in [5.41, 5.74) is 6.65. The lowest BCUT2D eigenvalue weighted by Gasteiger charge is -2.14. The van der Waals surface area contributed by atoms with Crippen molar-refractivity contribution in [3.8, 4) is 5.69 Å². The van der Waals surface area contributed by atoms with E-state index in [4.69, 9.17) is 4.98 Å². The van der Waals surface area contributed by atoms with Gasteiger partial charge in [-0.15, -0.1) is 5.10 Å². The highest BCUT2D eigenvalue weighted by atomic mass is 15.2. The van der Waals surface area contributed by atoms with Crippen molar-refractivity contribution in [2.75, 3.05) is 5.32 Å². The maximum Gasteiger partial charge on any atom is 0.160 e. The number of aryl methyl sites for hydroxylation is 3. The van der Waals surface area contributed by atoms with Gasteiger partial charge in [0.05, 0.1) is 22.9 Å². The highest BCUT2D eigenvalue weighted by Crippen LogP contribution is 2.29. The van der Waals surface area contributed by atoms with E-state index >= 15 is 0 Å². The Hall–Kier alpha value is -3.73. The van der Waals surface area contributed by atoms with E-state index < -0.39 is 0 Å². The number of hydrogen-bond acceptors (Lipinski definition) is 4. The number of nitrogens with zero attached hydrogens (tertiary/aromatic N) is 4. The van der Waals surface area contributed by atoms with Crippen molar-refractivity contribution in [3.63, 3.8) is 0 Å². The highest BCUT2D eigenvalue weighted by Gasteiger charge is 2.14. The second kappa shape index (κ2) is 6.71. The van der Waals surface area contributed by atoms with Gasteiger partial charge in [0, 0.05) is 16.5 Å². The highest BCUT2D eigenvalue weighted by molar-refractivity contribution is 5.93. The third-order valence-electron chi connectivity index (χ3n) is 5.32. The maximum atomic E-state index is 4.82. The Labute approximate surface area is 169 Å². The molecule has 0 amide bonds. The zero-order valence-electron chi connectivity index (χ0n) is 16.6. The summed E-state index contributed by atoms with van der Waals surface area (Å²) in [6, 6.07) is 20.7. The van der Waals surface area contributed by atoms with Crippen LogP contribution in [0.5, 0.6) is 0 Å². The first kappa shape index (κ1) is 17.4. The summed E-state index contributed by atoms with van der Waals surface area (Å²) < 4.78 is 2.24. The van der Waals surface area contributed by atoms with E-state index in [-0.39, 0.29) is 0 Å². The van der Waals surface area contributed by atoms with Crippen LogP contribution in [0, 0.1) is 20.8 Å². The zero-order chi connectivity index (χ0) is 20.0. The smallest absolute Gasteiger partial charge is 0.160 e. The summed E-state index contributed by atoms with van der Waals surface area (Å²) in [5.74, 6) is 1.72. The Kier molecular flexibility index (Phi) is 4.02. The molecule has 1 N–H and O–H groups in total. The van der Waals surface area contributed by atoms with Gasteiger partial charge < -0.3 is 5.32 Å². The van der Waals surface area contributed by atoms with Crippen molar-refractivity contribution in [2.45, 2.75) is 20.8 Å². The monoisotopic (exact) mass is 379 g/mol. The number of aromatic nitrogens is 4. The number of imidazole rings is 1. The Morgan fingerprint density at radius 2 is 1.66 bits per heavy atom. The third-order valence-corrected chi connectivity index (χ3v) is 5.32. The van der Waals surface area contributed by atoms with Crippen LogP contribution in [0.2, 0.25) is 0 Å². The van der Waals surface area contributed by atoms with E-state index in [1.54, 1.807) is 6.20 Å². The van der Waals surface area contributed by atoms with Gasteiger partial charge in [-0.2, -0.15) is 5.10 Å². The van der Waals surface area contributed by atoms with Crippen LogP contribution in [0.1, 0.15) is 17.0 Å². The first-order chi connectivity index (χ1) is 14.1. The lowest BCUT2D eigenvalue weighted by molar-refractivity contribution is 0.979. The Morgan fingerprint density at radius 1 is 0.862 bits per heavy atom. The number of benzene rings is 3. The first-order valence-corrected chi connectivity index (χ1v) is 9.65.